The van der Waals surface area contributed by atoms with Crippen LogP contribution in [0.25, 0.3) is 10.4 Å². The Morgan fingerprint density at radius 1 is 1.25 bits per heavy atom. The van der Waals surface area contributed by atoms with Crippen LogP contribution >= 0.6 is 23.1 Å². The SMILES string of the molecule is CSc1ncn2cc(C3=C(C(=O)O)N4C(=O)[C@H](C(C)O)[C@@H]4[C@@]3(C)CCOC(=O)Oc3ccccc3C(C)C)sc12. The lowest BCUT2D eigenvalue weighted by Crippen LogP contribution is -2.66. The maximum absolute atomic E-state index is 13.1. The Morgan fingerprint density at radius 2 is 1.98 bits per heavy atom. The van der Waals surface area contributed by atoms with E-state index in [-0.39, 0.29) is 24.6 Å². The smallest absolute Gasteiger partial charge is 0.477 e. The third-order valence-corrected chi connectivity index (χ3v) is 9.70. The van der Waals surface area contributed by atoms with Gasteiger partial charge in [-0.2, -0.15) is 0 Å². The number of amides is 1. The molecule has 10 nitrogen and oxygen atoms in total. The van der Waals surface area contributed by atoms with Gasteiger partial charge >= 0.3 is 12.1 Å². The van der Waals surface area contributed by atoms with Gasteiger partial charge in [-0.25, -0.2) is 14.6 Å². The van der Waals surface area contributed by atoms with Crippen LogP contribution in [0.15, 0.2) is 47.5 Å². The van der Waals surface area contributed by atoms with Crippen LogP contribution in [-0.2, 0) is 14.3 Å². The number of imidazole rings is 1. The highest BCUT2D eigenvalue weighted by molar-refractivity contribution is 7.98. The van der Waals surface area contributed by atoms with Gasteiger partial charge in [0.05, 0.1) is 29.5 Å². The molecule has 2 aliphatic rings. The molecule has 0 bridgehead atoms. The molecule has 2 aromatic heterocycles. The summed E-state index contributed by atoms with van der Waals surface area (Å²) in [6.07, 6.45) is 3.76. The molecule has 0 spiro atoms. The number of carboxylic acid groups (broad SMARTS) is 1. The van der Waals surface area contributed by atoms with E-state index in [1.54, 1.807) is 18.5 Å². The maximum atomic E-state index is 13.1. The minimum Gasteiger partial charge on any atom is -0.477 e. The van der Waals surface area contributed by atoms with Crippen molar-refractivity contribution >= 4 is 51.5 Å². The van der Waals surface area contributed by atoms with E-state index in [1.165, 1.54) is 34.9 Å². The molecule has 0 radical (unpaired) electrons. The lowest BCUT2D eigenvalue weighted by atomic mass is 9.66. The Hall–Kier alpha value is -3.35. The zero-order valence-corrected chi connectivity index (χ0v) is 24.4. The highest BCUT2D eigenvalue weighted by atomic mass is 32.2. The number of aliphatic hydroxyl groups excluding tert-OH is 1. The summed E-state index contributed by atoms with van der Waals surface area (Å²) in [7, 11) is 0. The summed E-state index contributed by atoms with van der Waals surface area (Å²) >= 11 is 2.87. The van der Waals surface area contributed by atoms with Crippen LogP contribution in [0.5, 0.6) is 5.75 Å². The summed E-state index contributed by atoms with van der Waals surface area (Å²) in [6.45, 7) is 7.31. The first-order valence-electron chi connectivity index (χ1n) is 12.9. The van der Waals surface area contributed by atoms with Crippen LogP contribution in [0.1, 0.15) is 50.5 Å². The molecular weight excluding hydrogens is 554 g/mol. The lowest BCUT2D eigenvalue weighted by Gasteiger charge is -2.50. The number of hydrogen-bond acceptors (Lipinski definition) is 9. The molecule has 3 aromatic rings. The minimum absolute atomic E-state index is 0.0808. The number of aliphatic hydroxyl groups is 1. The monoisotopic (exact) mass is 585 g/mol. The van der Waals surface area contributed by atoms with Crippen molar-refractivity contribution in [2.75, 3.05) is 12.9 Å². The van der Waals surface area contributed by atoms with Gasteiger partial charge < -0.3 is 24.6 Å². The number of hydrogen-bond donors (Lipinski definition) is 2. The number of carbonyl (C=O) groups is 3. The highest BCUT2D eigenvalue weighted by Crippen LogP contribution is 2.60. The van der Waals surface area contributed by atoms with Crippen LogP contribution in [0.3, 0.4) is 0 Å². The van der Waals surface area contributed by atoms with Gasteiger partial charge in [0.15, 0.2) is 0 Å². The van der Waals surface area contributed by atoms with Crippen molar-refractivity contribution in [3.63, 3.8) is 0 Å². The molecule has 40 heavy (non-hydrogen) atoms. The van der Waals surface area contributed by atoms with Crippen molar-refractivity contribution in [1.29, 1.82) is 0 Å². The summed E-state index contributed by atoms with van der Waals surface area (Å²) in [5, 5.41) is 21.6. The van der Waals surface area contributed by atoms with Crippen LogP contribution in [0.4, 0.5) is 4.79 Å². The van der Waals surface area contributed by atoms with Gasteiger partial charge in [-0.1, -0.05) is 39.0 Å². The van der Waals surface area contributed by atoms with E-state index in [1.807, 2.05) is 49.8 Å². The molecule has 1 fully saturated rings. The molecule has 5 rings (SSSR count). The van der Waals surface area contributed by atoms with Gasteiger partial charge in [0.25, 0.3) is 0 Å². The van der Waals surface area contributed by atoms with Crippen molar-refractivity contribution in [3.05, 3.63) is 52.9 Å². The Labute approximate surface area is 239 Å². The maximum Gasteiger partial charge on any atom is 0.513 e. The van der Waals surface area contributed by atoms with Crippen molar-refractivity contribution in [2.45, 2.75) is 57.2 Å². The third kappa shape index (κ3) is 4.47. The van der Waals surface area contributed by atoms with Gasteiger partial charge in [0.1, 0.15) is 27.6 Å². The topological polar surface area (TPSA) is 131 Å². The lowest BCUT2D eigenvalue weighted by molar-refractivity contribution is -0.167. The molecule has 0 saturated carbocycles. The summed E-state index contributed by atoms with van der Waals surface area (Å²) in [4.78, 5) is 45.6. The summed E-state index contributed by atoms with van der Waals surface area (Å²) in [5.41, 5.74) is 0.306. The minimum atomic E-state index is -1.23. The van der Waals surface area contributed by atoms with E-state index in [9.17, 15) is 24.6 Å². The van der Waals surface area contributed by atoms with Crippen molar-refractivity contribution < 1.29 is 34.1 Å². The van der Waals surface area contributed by atoms with E-state index < -0.39 is 41.5 Å². The Kier molecular flexibility index (Phi) is 7.45. The fourth-order valence-electron chi connectivity index (χ4n) is 5.88. The molecule has 2 aliphatic heterocycles. The zero-order chi connectivity index (χ0) is 28.9. The summed E-state index contributed by atoms with van der Waals surface area (Å²) in [5.74, 6) is -1.88. The molecule has 1 saturated heterocycles. The number of thiazole rings is 1. The number of β-lactam (4-membered cyclic amide) rings is 1. The van der Waals surface area contributed by atoms with Gasteiger partial charge in [-0.3, -0.25) is 9.20 Å². The largest absolute Gasteiger partial charge is 0.513 e. The highest BCUT2D eigenvalue weighted by Gasteiger charge is 2.66. The van der Waals surface area contributed by atoms with E-state index in [0.717, 1.165) is 15.4 Å². The molecule has 212 valence electrons. The molecule has 2 N–H and O–H groups in total. The molecule has 1 aromatic carbocycles. The second-order valence-corrected chi connectivity index (χ2v) is 12.4. The molecule has 4 heterocycles. The first-order chi connectivity index (χ1) is 19.0. The van der Waals surface area contributed by atoms with Gasteiger partial charge in [0, 0.05) is 17.2 Å². The molecule has 1 unspecified atom stereocenters. The van der Waals surface area contributed by atoms with Crippen LogP contribution < -0.4 is 4.74 Å². The number of para-hydroxylation sites is 1. The zero-order valence-electron chi connectivity index (χ0n) is 22.8. The number of carboxylic acids is 1. The van der Waals surface area contributed by atoms with E-state index in [4.69, 9.17) is 9.47 Å². The van der Waals surface area contributed by atoms with Gasteiger partial charge in [-0.15, -0.1) is 23.1 Å². The van der Waals surface area contributed by atoms with E-state index in [2.05, 4.69) is 4.98 Å². The molecular formula is C28H31N3O7S2. The van der Waals surface area contributed by atoms with Crippen molar-refractivity contribution in [1.82, 2.24) is 14.3 Å². The Morgan fingerprint density at radius 3 is 2.62 bits per heavy atom. The van der Waals surface area contributed by atoms with Crippen LogP contribution in [-0.4, -0.2) is 67.5 Å². The Bertz CT molecular complexity index is 1520. The fourth-order valence-corrected chi connectivity index (χ4v) is 7.84. The number of thioether (sulfide) groups is 1. The Balaban J connectivity index is 1.47. The van der Waals surface area contributed by atoms with Crippen molar-refractivity contribution in [3.8, 4) is 5.75 Å². The van der Waals surface area contributed by atoms with Gasteiger partial charge in [-0.05, 0) is 37.1 Å². The average Bonchev–Trinajstić information content (AvgIpc) is 3.52. The predicted octanol–water partition coefficient (Wildman–Crippen LogP) is 4.87. The quantitative estimate of drug-likeness (QED) is 0.156. The number of rotatable bonds is 9. The number of benzene rings is 1. The number of fused-ring (bicyclic) bond motifs is 2. The predicted molar refractivity (Wildman–Crippen MR) is 150 cm³/mol. The second kappa shape index (κ2) is 10.6. The average molecular weight is 586 g/mol. The molecule has 0 aliphatic carbocycles. The molecule has 4 atom stereocenters. The number of carbonyl (C=O) groups excluding carboxylic acids is 2. The van der Waals surface area contributed by atoms with Gasteiger partial charge in [0.2, 0.25) is 5.91 Å². The van der Waals surface area contributed by atoms with Crippen LogP contribution in [0, 0.1) is 11.3 Å². The summed E-state index contributed by atoms with van der Waals surface area (Å²) < 4.78 is 12.8. The number of aliphatic carboxylic acids is 1. The summed E-state index contributed by atoms with van der Waals surface area (Å²) in [6, 6.07) is 6.63. The number of ether oxygens (including phenoxy) is 2. The number of aromatic nitrogens is 2. The standard InChI is InChI=1S/C28H31N3O7S2/c1-14(2)16-8-6-7-9-17(16)38-27(36)37-11-10-28(4)20(18-12-30-13-29-23(39-5)25(30)40-18)21(26(34)35)31-22(28)19(15(3)32)24(31)33/h6-9,12-15,19,22,32H,10-11H2,1-5H3,(H,34,35)/t15?,19-,22-,28+/m1/s1. The molecule has 1 amide bonds. The molecule has 12 heteroatoms. The van der Waals surface area contributed by atoms with E-state index >= 15 is 0 Å². The third-order valence-electron chi connectivity index (χ3n) is 7.76. The fraction of sp³-hybridized carbons (Fsp3) is 0.429. The first kappa shape index (κ1) is 28.2. The first-order valence-corrected chi connectivity index (χ1v) is 15.0. The van der Waals surface area contributed by atoms with E-state index in [0.29, 0.717) is 16.2 Å². The normalized spacial score (nSPS) is 23.0. The second-order valence-electron chi connectivity index (χ2n) is 10.6. The van der Waals surface area contributed by atoms with Crippen LogP contribution in [0.2, 0.25) is 0 Å². The number of nitrogens with zero attached hydrogens (tertiary/aromatic N) is 3. The van der Waals surface area contributed by atoms with Crippen molar-refractivity contribution in [2.24, 2.45) is 11.3 Å².